The summed E-state index contributed by atoms with van der Waals surface area (Å²) in [4.78, 5) is 6.94. The molecule has 10 rings (SSSR count). The molecule has 0 aliphatic heterocycles. The van der Waals surface area contributed by atoms with Crippen LogP contribution in [0.3, 0.4) is 0 Å². The summed E-state index contributed by atoms with van der Waals surface area (Å²) >= 11 is 0. The van der Waals surface area contributed by atoms with Gasteiger partial charge in [-0.15, -0.1) is 0 Å². The molecule has 6 aromatic carbocycles. The standard InChI is InChI=1S/C50H39N3/c1-50(2)46-19-8-6-17-42(46)43-27-26-41(32-47(43)50)52(40-16-10-12-35(30-40)37-13-11-29-51-33-37)39-24-21-34(22-25-39)36-23-28-49-45(31-36)44-18-7-9-20-48(44)53(49)38-14-4-3-5-15-38/h3-24,26-33,39H,25H2,1-2H3. The van der Waals surface area contributed by atoms with Crippen molar-refractivity contribution in [2.24, 2.45) is 0 Å². The Labute approximate surface area is 310 Å². The van der Waals surface area contributed by atoms with Crippen LogP contribution in [-0.2, 0) is 5.41 Å². The number of fused-ring (bicyclic) bond motifs is 6. The summed E-state index contributed by atoms with van der Waals surface area (Å²) in [6, 6.07) is 55.5. The van der Waals surface area contributed by atoms with Crippen molar-refractivity contribution in [1.82, 2.24) is 9.55 Å². The number of anilines is 2. The van der Waals surface area contributed by atoms with E-state index in [1.807, 2.05) is 18.5 Å². The minimum atomic E-state index is -0.0804. The molecule has 0 saturated carbocycles. The van der Waals surface area contributed by atoms with Crippen molar-refractivity contribution in [1.29, 1.82) is 0 Å². The van der Waals surface area contributed by atoms with E-state index in [0.29, 0.717) is 0 Å². The van der Waals surface area contributed by atoms with Gasteiger partial charge in [-0.1, -0.05) is 123 Å². The Balaban J connectivity index is 1.04. The molecule has 2 aliphatic carbocycles. The van der Waals surface area contributed by atoms with E-state index in [9.17, 15) is 0 Å². The highest BCUT2D eigenvalue weighted by Crippen LogP contribution is 2.50. The third-order valence-corrected chi connectivity index (χ3v) is 11.4. The van der Waals surface area contributed by atoms with Crippen molar-refractivity contribution in [3.63, 3.8) is 0 Å². The molecular formula is C50H39N3. The lowest BCUT2D eigenvalue weighted by molar-refractivity contribution is 0.659. The van der Waals surface area contributed by atoms with Crippen LogP contribution in [-0.4, -0.2) is 15.6 Å². The van der Waals surface area contributed by atoms with Gasteiger partial charge < -0.3 is 9.47 Å². The zero-order chi connectivity index (χ0) is 35.5. The van der Waals surface area contributed by atoms with Gasteiger partial charge in [0.2, 0.25) is 0 Å². The highest BCUT2D eigenvalue weighted by Gasteiger charge is 2.36. The predicted molar refractivity (Wildman–Crippen MR) is 222 cm³/mol. The lowest BCUT2D eigenvalue weighted by Crippen LogP contribution is -2.30. The molecule has 0 spiro atoms. The first-order valence-corrected chi connectivity index (χ1v) is 18.6. The summed E-state index contributed by atoms with van der Waals surface area (Å²) in [7, 11) is 0. The summed E-state index contributed by atoms with van der Waals surface area (Å²) in [5.41, 5.74) is 16.1. The van der Waals surface area contributed by atoms with Crippen LogP contribution in [0, 0.1) is 0 Å². The van der Waals surface area contributed by atoms with Gasteiger partial charge in [-0.05, 0) is 106 Å². The monoisotopic (exact) mass is 681 g/mol. The number of aromatic nitrogens is 2. The van der Waals surface area contributed by atoms with E-state index in [0.717, 1.165) is 17.5 Å². The zero-order valence-electron chi connectivity index (χ0n) is 29.9. The fourth-order valence-electron chi connectivity index (χ4n) is 8.77. The third kappa shape index (κ3) is 5.15. The lowest BCUT2D eigenvalue weighted by atomic mass is 9.82. The number of nitrogens with zero attached hydrogens (tertiary/aromatic N) is 3. The average molecular weight is 682 g/mol. The number of rotatable bonds is 6. The van der Waals surface area contributed by atoms with E-state index in [2.05, 4.69) is 192 Å². The number of pyridine rings is 1. The van der Waals surface area contributed by atoms with Crippen molar-refractivity contribution >= 4 is 38.8 Å². The summed E-state index contributed by atoms with van der Waals surface area (Å²) < 4.78 is 2.38. The topological polar surface area (TPSA) is 21.1 Å². The van der Waals surface area contributed by atoms with E-state index >= 15 is 0 Å². The van der Waals surface area contributed by atoms with Crippen LogP contribution in [0.15, 0.2) is 182 Å². The highest BCUT2D eigenvalue weighted by atomic mass is 15.2. The second-order valence-corrected chi connectivity index (χ2v) is 14.8. The number of hydrogen-bond acceptors (Lipinski definition) is 2. The molecule has 3 nitrogen and oxygen atoms in total. The highest BCUT2D eigenvalue weighted by molar-refractivity contribution is 6.10. The maximum atomic E-state index is 4.41. The average Bonchev–Trinajstić information content (AvgIpc) is 3.67. The first-order chi connectivity index (χ1) is 26.0. The molecule has 53 heavy (non-hydrogen) atoms. The zero-order valence-corrected chi connectivity index (χ0v) is 29.9. The van der Waals surface area contributed by atoms with Crippen LogP contribution >= 0.6 is 0 Å². The fourth-order valence-corrected chi connectivity index (χ4v) is 8.77. The molecule has 2 aromatic heterocycles. The molecule has 0 saturated heterocycles. The summed E-state index contributed by atoms with van der Waals surface area (Å²) in [5, 5.41) is 2.54. The van der Waals surface area contributed by atoms with Crippen molar-refractivity contribution in [2.45, 2.75) is 31.7 Å². The van der Waals surface area contributed by atoms with Gasteiger partial charge in [0.15, 0.2) is 0 Å². The van der Waals surface area contributed by atoms with Gasteiger partial charge in [-0.3, -0.25) is 4.98 Å². The minimum absolute atomic E-state index is 0.0804. The molecular weight excluding hydrogens is 643 g/mol. The van der Waals surface area contributed by atoms with Gasteiger partial charge in [0.25, 0.3) is 0 Å². The second kappa shape index (κ2) is 12.4. The summed E-state index contributed by atoms with van der Waals surface area (Å²) in [6.07, 6.45) is 11.8. The van der Waals surface area contributed by atoms with Crippen LogP contribution < -0.4 is 4.90 Å². The van der Waals surface area contributed by atoms with Gasteiger partial charge in [-0.2, -0.15) is 0 Å². The molecule has 0 fully saturated rings. The molecule has 0 bridgehead atoms. The molecule has 3 heteroatoms. The summed E-state index contributed by atoms with van der Waals surface area (Å²) in [5.74, 6) is 0. The van der Waals surface area contributed by atoms with Crippen LogP contribution in [0.5, 0.6) is 0 Å². The Morgan fingerprint density at radius 2 is 1.38 bits per heavy atom. The van der Waals surface area contributed by atoms with E-state index in [1.165, 1.54) is 72.3 Å². The van der Waals surface area contributed by atoms with Crippen LogP contribution in [0.1, 0.15) is 37.0 Å². The quantitative estimate of drug-likeness (QED) is 0.174. The Morgan fingerprint density at radius 3 is 2.23 bits per heavy atom. The fraction of sp³-hybridized carbons (Fsp3) is 0.100. The SMILES string of the molecule is CC1(C)c2ccccc2-c2ccc(N(c3cccc(-c4cccnc4)c3)C3C=CC(c4ccc5c(c4)c4ccccc4n5-c4ccccc4)=CC3)cc21. The van der Waals surface area contributed by atoms with Gasteiger partial charge >= 0.3 is 0 Å². The first-order valence-electron chi connectivity index (χ1n) is 18.6. The summed E-state index contributed by atoms with van der Waals surface area (Å²) in [6.45, 7) is 4.72. The normalized spacial score (nSPS) is 15.7. The number of benzene rings is 6. The molecule has 0 N–H and O–H groups in total. The molecule has 1 atom stereocenters. The third-order valence-electron chi connectivity index (χ3n) is 11.4. The van der Waals surface area contributed by atoms with E-state index in [1.54, 1.807) is 0 Å². The van der Waals surface area contributed by atoms with Crippen molar-refractivity contribution < 1.29 is 0 Å². The molecule has 2 heterocycles. The Hall–Kier alpha value is -6.45. The molecule has 2 aliphatic rings. The van der Waals surface area contributed by atoms with Gasteiger partial charge in [0.05, 0.1) is 17.1 Å². The van der Waals surface area contributed by atoms with E-state index < -0.39 is 0 Å². The maximum Gasteiger partial charge on any atom is 0.0560 e. The van der Waals surface area contributed by atoms with Gasteiger partial charge in [0, 0.05) is 51.2 Å². The van der Waals surface area contributed by atoms with Crippen molar-refractivity contribution in [3.8, 4) is 27.9 Å². The first kappa shape index (κ1) is 31.3. The predicted octanol–water partition coefficient (Wildman–Crippen LogP) is 12.7. The van der Waals surface area contributed by atoms with Crippen LogP contribution in [0.4, 0.5) is 11.4 Å². The lowest BCUT2D eigenvalue weighted by Gasteiger charge is -2.34. The van der Waals surface area contributed by atoms with Crippen molar-refractivity contribution in [3.05, 3.63) is 199 Å². The molecule has 1 unspecified atom stereocenters. The largest absolute Gasteiger partial charge is 0.334 e. The Bertz CT molecular complexity index is 2730. The Kier molecular flexibility index (Phi) is 7.29. The van der Waals surface area contributed by atoms with Crippen LogP contribution in [0.2, 0.25) is 0 Å². The second-order valence-electron chi connectivity index (χ2n) is 14.8. The molecule has 254 valence electrons. The number of hydrogen-bond donors (Lipinski definition) is 0. The molecule has 0 amide bonds. The Morgan fingerprint density at radius 1 is 0.604 bits per heavy atom. The molecule has 0 radical (unpaired) electrons. The smallest absolute Gasteiger partial charge is 0.0560 e. The number of allylic oxidation sites excluding steroid dienone is 2. The maximum absolute atomic E-state index is 4.41. The van der Waals surface area contributed by atoms with Crippen LogP contribution in [0.25, 0.3) is 55.3 Å². The van der Waals surface area contributed by atoms with E-state index in [-0.39, 0.29) is 11.5 Å². The van der Waals surface area contributed by atoms with Crippen molar-refractivity contribution in [2.75, 3.05) is 4.90 Å². The minimum Gasteiger partial charge on any atom is -0.334 e. The number of para-hydroxylation sites is 2. The van der Waals surface area contributed by atoms with Gasteiger partial charge in [-0.25, -0.2) is 0 Å². The van der Waals surface area contributed by atoms with E-state index in [4.69, 9.17) is 0 Å². The van der Waals surface area contributed by atoms with Gasteiger partial charge in [0.1, 0.15) is 0 Å². The molecule has 8 aromatic rings.